The molecule has 2 aliphatic carbocycles. The average Bonchev–Trinajstić information content (AvgIpc) is 2.75. The summed E-state index contributed by atoms with van der Waals surface area (Å²) in [5, 5.41) is 0. The van der Waals surface area contributed by atoms with Crippen LogP contribution >= 0.6 is 15.9 Å². The van der Waals surface area contributed by atoms with Gasteiger partial charge in [-0.2, -0.15) is 0 Å². The first-order valence-electron chi connectivity index (χ1n) is 6.97. The van der Waals surface area contributed by atoms with E-state index in [1.807, 2.05) is 11.9 Å². The average molecular weight is 302 g/mol. The molecule has 0 N–H and O–H groups in total. The highest BCUT2D eigenvalue weighted by molar-refractivity contribution is 9.09. The van der Waals surface area contributed by atoms with Crippen LogP contribution in [0, 0.1) is 11.3 Å². The summed E-state index contributed by atoms with van der Waals surface area (Å²) in [7, 11) is 2.00. The van der Waals surface area contributed by atoms with E-state index >= 15 is 0 Å². The summed E-state index contributed by atoms with van der Waals surface area (Å²) >= 11 is 3.61. The van der Waals surface area contributed by atoms with Gasteiger partial charge in [0.2, 0.25) is 5.91 Å². The van der Waals surface area contributed by atoms with E-state index in [1.54, 1.807) is 0 Å². The third kappa shape index (κ3) is 2.69. The van der Waals surface area contributed by atoms with Gasteiger partial charge in [0.15, 0.2) is 0 Å². The molecule has 2 saturated carbocycles. The normalized spacial score (nSPS) is 31.0. The molecule has 0 heterocycles. The first-order chi connectivity index (χ1) is 8.07. The van der Waals surface area contributed by atoms with Crippen molar-refractivity contribution in [2.24, 2.45) is 11.3 Å². The third-order valence-electron chi connectivity index (χ3n) is 4.75. The van der Waals surface area contributed by atoms with Crippen LogP contribution in [0.2, 0.25) is 0 Å². The summed E-state index contributed by atoms with van der Waals surface area (Å²) in [5.74, 6) is 1.14. The van der Waals surface area contributed by atoms with E-state index < -0.39 is 0 Å². The fraction of sp³-hybridized carbons (Fsp3) is 0.929. The van der Waals surface area contributed by atoms with Crippen molar-refractivity contribution >= 4 is 21.8 Å². The molecular weight excluding hydrogens is 278 g/mol. The lowest BCUT2D eigenvalue weighted by Crippen LogP contribution is -2.44. The quantitative estimate of drug-likeness (QED) is 0.727. The Hall–Kier alpha value is -0.0500. The van der Waals surface area contributed by atoms with Crippen molar-refractivity contribution < 1.29 is 4.79 Å². The molecule has 0 aromatic carbocycles. The lowest BCUT2D eigenvalue weighted by molar-refractivity contribution is -0.141. The van der Waals surface area contributed by atoms with E-state index in [0.717, 1.165) is 31.7 Å². The van der Waals surface area contributed by atoms with Gasteiger partial charge in [-0.15, -0.1) is 0 Å². The minimum absolute atomic E-state index is 0.00764. The number of amides is 1. The zero-order valence-corrected chi connectivity index (χ0v) is 12.6. The van der Waals surface area contributed by atoms with Crippen LogP contribution in [-0.4, -0.2) is 29.2 Å². The number of alkyl halides is 1. The number of hydrogen-bond acceptors (Lipinski definition) is 1. The summed E-state index contributed by atoms with van der Waals surface area (Å²) in [4.78, 5) is 15.3. The Labute approximate surface area is 113 Å². The molecule has 0 saturated heterocycles. The van der Waals surface area contributed by atoms with Crippen LogP contribution < -0.4 is 0 Å². The monoisotopic (exact) mass is 301 g/mol. The maximum atomic E-state index is 12.6. The van der Waals surface area contributed by atoms with E-state index in [9.17, 15) is 4.79 Å². The Kier molecular flexibility index (Phi) is 4.17. The summed E-state index contributed by atoms with van der Waals surface area (Å²) in [6, 6.07) is 0. The highest BCUT2D eigenvalue weighted by Gasteiger charge is 2.41. The second kappa shape index (κ2) is 5.29. The van der Waals surface area contributed by atoms with Crippen LogP contribution in [0.3, 0.4) is 0 Å². The van der Waals surface area contributed by atoms with Crippen molar-refractivity contribution in [2.45, 2.75) is 56.7 Å². The van der Waals surface area contributed by atoms with Crippen molar-refractivity contribution in [3.8, 4) is 0 Å². The van der Waals surface area contributed by atoms with Crippen LogP contribution in [0.4, 0.5) is 0 Å². The molecule has 0 atom stereocenters. The van der Waals surface area contributed by atoms with Crippen molar-refractivity contribution in [3.63, 3.8) is 0 Å². The molecule has 3 heteroatoms. The molecule has 98 valence electrons. The minimum atomic E-state index is -0.00764. The van der Waals surface area contributed by atoms with Gasteiger partial charge in [0, 0.05) is 23.8 Å². The van der Waals surface area contributed by atoms with Gasteiger partial charge < -0.3 is 4.90 Å². The van der Waals surface area contributed by atoms with E-state index in [1.165, 1.54) is 25.7 Å². The van der Waals surface area contributed by atoms with Crippen LogP contribution in [-0.2, 0) is 4.79 Å². The van der Waals surface area contributed by atoms with Crippen molar-refractivity contribution in [3.05, 3.63) is 0 Å². The summed E-state index contributed by atoms with van der Waals surface area (Å²) in [6.45, 7) is 3.14. The molecule has 2 fully saturated rings. The number of carbonyl (C=O) groups is 1. The molecule has 0 aromatic rings. The van der Waals surface area contributed by atoms with Gasteiger partial charge in [0.05, 0.1) is 0 Å². The molecule has 0 unspecified atom stereocenters. The summed E-state index contributed by atoms with van der Waals surface area (Å²) in [6.07, 6.45) is 8.17. The van der Waals surface area contributed by atoms with E-state index in [4.69, 9.17) is 0 Å². The predicted octanol–water partition coefficient (Wildman–Crippen LogP) is 3.59. The van der Waals surface area contributed by atoms with Crippen molar-refractivity contribution in [2.75, 3.05) is 13.6 Å². The highest BCUT2D eigenvalue weighted by atomic mass is 79.9. The molecule has 2 aliphatic rings. The second-order valence-corrected chi connectivity index (χ2v) is 7.26. The smallest absolute Gasteiger partial charge is 0.228 e. The zero-order chi connectivity index (χ0) is 12.5. The van der Waals surface area contributed by atoms with Crippen LogP contribution in [0.15, 0.2) is 0 Å². The molecular formula is C14H24BrNO. The molecule has 2 rings (SSSR count). The van der Waals surface area contributed by atoms with E-state index in [2.05, 4.69) is 22.9 Å². The van der Waals surface area contributed by atoms with Crippen LogP contribution in [0.5, 0.6) is 0 Å². The number of carbonyl (C=O) groups excluding carboxylic acids is 1. The number of nitrogens with zero attached hydrogens (tertiary/aromatic N) is 1. The predicted molar refractivity (Wildman–Crippen MR) is 74.3 cm³/mol. The molecule has 0 radical (unpaired) electrons. The van der Waals surface area contributed by atoms with Gasteiger partial charge in [0.25, 0.3) is 0 Å². The SMILES string of the molecule is CCC1(C(=O)N(C)CC2CC(Br)C2)CCCC1. The van der Waals surface area contributed by atoms with Crippen LogP contribution in [0.1, 0.15) is 51.9 Å². The molecule has 2 nitrogen and oxygen atoms in total. The Bertz CT molecular complexity index is 280. The summed E-state index contributed by atoms with van der Waals surface area (Å²) < 4.78 is 0. The first kappa shape index (κ1) is 13.4. The van der Waals surface area contributed by atoms with Crippen molar-refractivity contribution in [1.82, 2.24) is 4.90 Å². The Morgan fingerprint density at radius 3 is 2.41 bits per heavy atom. The molecule has 0 aromatic heterocycles. The Morgan fingerprint density at radius 2 is 1.94 bits per heavy atom. The summed E-state index contributed by atoms with van der Waals surface area (Å²) in [5.41, 5.74) is -0.00764. The maximum Gasteiger partial charge on any atom is 0.228 e. The fourth-order valence-corrected chi connectivity index (χ4v) is 4.51. The fourth-order valence-electron chi connectivity index (χ4n) is 3.45. The van der Waals surface area contributed by atoms with Crippen molar-refractivity contribution in [1.29, 1.82) is 0 Å². The van der Waals surface area contributed by atoms with Gasteiger partial charge in [-0.25, -0.2) is 0 Å². The van der Waals surface area contributed by atoms with Gasteiger partial charge in [-0.05, 0) is 38.0 Å². The molecule has 17 heavy (non-hydrogen) atoms. The molecule has 0 spiro atoms. The largest absolute Gasteiger partial charge is 0.345 e. The van der Waals surface area contributed by atoms with E-state index in [0.29, 0.717) is 10.7 Å². The number of hydrogen-bond donors (Lipinski definition) is 0. The lowest BCUT2D eigenvalue weighted by Gasteiger charge is -2.38. The van der Waals surface area contributed by atoms with Gasteiger partial charge in [-0.3, -0.25) is 4.79 Å². The molecule has 0 bridgehead atoms. The number of rotatable bonds is 4. The topological polar surface area (TPSA) is 20.3 Å². The maximum absolute atomic E-state index is 12.6. The molecule has 0 aliphatic heterocycles. The van der Waals surface area contributed by atoms with Gasteiger partial charge in [0.1, 0.15) is 0 Å². The van der Waals surface area contributed by atoms with Gasteiger partial charge in [-0.1, -0.05) is 35.7 Å². The second-order valence-electron chi connectivity index (χ2n) is 5.96. The van der Waals surface area contributed by atoms with E-state index in [-0.39, 0.29) is 5.41 Å². The van der Waals surface area contributed by atoms with Gasteiger partial charge >= 0.3 is 0 Å². The lowest BCUT2D eigenvalue weighted by atomic mass is 9.80. The minimum Gasteiger partial charge on any atom is -0.345 e. The zero-order valence-electron chi connectivity index (χ0n) is 11.0. The third-order valence-corrected chi connectivity index (χ3v) is 5.50. The highest BCUT2D eigenvalue weighted by Crippen LogP contribution is 2.43. The first-order valence-corrected chi connectivity index (χ1v) is 7.88. The standard InChI is InChI=1S/C14H24BrNO/c1-3-14(6-4-5-7-14)13(17)16(2)10-11-8-12(15)9-11/h11-12H,3-10H2,1-2H3. The number of halogens is 1. The Balaban J connectivity index is 1.89. The van der Waals surface area contributed by atoms with Crippen LogP contribution in [0.25, 0.3) is 0 Å². The molecule has 1 amide bonds. The Morgan fingerprint density at radius 1 is 1.35 bits per heavy atom.